The van der Waals surface area contributed by atoms with Crippen LogP contribution in [0.1, 0.15) is 46.0 Å². The highest BCUT2D eigenvalue weighted by Gasteiger charge is 2.35. The zero-order valence-electron chi connectivity index (χ0n) is 13.6. The van der Waals surface area contributed by atoms with Gasteiger partial charge in [-0.2, -0.15) is 5.26 Å². The lowest BCUT2D eigenvalue weighted by Gasteiger charge is -2.33. The predicted molar refractivity (Wildman–Crippen MR) is 83.3 cm³/mol. The van der Waals surface area contributed by atoms with Crippen LogP contribution in [0, 0.1) is 17.2 Å². The van der Waals surface area contributed by atoms with E-state index in [0.29, 0.717) is 25.1 Å². The van der Waals surface area contributed by atoms with Crippen LogP contribution in [0.5, 0.6) is 0 Å². The summed E-state index contributed by atoms with van der Waals surface area (Å²) < 4.78 is 26.2. The fourth-order valence-electron chi connectivity index (χ4n) is 2.85. The van der Waals surface area contributed by atoms with Crippen LogP contribution in [0.4, 0.5) is 8.78 Å². The Labute approximate surface area is 135 Å². The maximum Gasteiger partial charge on any atom is 0.248 e. The molecule has 6 heteroatoms. The summed E-state index contributed by atoms with van der Waals surface area (Å²) in [5, 5.41) is 11.9. The number of hydrogen-bond acceptors (Lipinski definition) is 3. The SMILES string of the molecule is CC(C)(C#N)N1C=CC(NC(=O)CC2CCC(F)(F)CC2)=CC1. The number of carbonyl (C=O) groups excluding carboxylic acids is 1. The summed E-state index contributed by atoms with van der Waals surface area (Å²) >= 11 is 0. The molecule has 1 aliphatic heterocycles. The molecule has 4 nitrogen and oxygen atoms in total. The Kier molecular flexibility index (Phi) is 5.08. The fourth-order valence-corrected chi connectivity index (χ4v) is 2.85. The number of halogens is 2. The molecular formula is C17H23F2N3O. The Morgan fingerprint density at radius 3 is 2.65 bits per heavy atom. The van der Waals surface area contributed by atoms with Crippen LogP contribution in [-0.4, -0.2) is 28.8 Å². The van der Waals surface area contributed by atoms with E-state index >= 15 is 0 Å². The molecule has 1 fully saturated rings. The first-order valence-corrected chi connectivity index (χ1v) is 7.96. The summed E-state index contributed by atoms with van der Waals surface area (Å²) in [6.07, 6.45) is 6.26. The Balaban J connectivity index is 1.79. The van der Waals surface area contributed by atoms with E-state index in [0.717, 1.165) is 0 Å². The molecule has 1 heterocycles. The zero-order chi connectivity index (χ0) is 17.1. The van der Waals surface area contributed by atoms with Gasteiger partial charge >= 0.3 is 0 Å². The standard InChI is InChI=1S/C17H23F2N3O/c1-16(2,12-20)22-9-5-14(6-10-22)21-15(23)11-13-3-7-17(18,19)8-4-13/h5-6,9,13H,3-4,7-8,10-11H2,1-2H3,(H,21,23). The highest BCUT2D eigenvalue weighted by Crippen LogP contribution is 2.37. The fraction of sp³-hybridized carbons (Fsp3) is 0.647. The van der Waals surface area contributed by atoms with Crippen LogP contribution < -0.4 is 5.32 Å². The minimum Gasteiger partial charge on any atom is -0.356 e. The minimum absolute atomic E-state index is 0.0387. The molecule has 0 saturated heterocycles. The summed E-state index contributed by atoms with van der Waals surface area (Å²) in [6.45, 7) is 4.20. The van der Waals surface area contributed by atoms with Crippen molar-refractivity contribution in [2.75, 3.05) is 6.54 Å². The van der Waals surface area contributed by atoms with Gasteiger partial charge in [-0.05, 0) is 44.8 Å². The van der Waals surface area contributed by atoms with Crippen LogP contribution in [0.25, 0.3) is 0 Å². The minimum atomic E-state index is -2.56. The third kappa shape index (κ3) is 4.78. The van der Waals surface area contributed by atoms with Gasteiger partial charge in [0.1, 0.15) is 5.54 Å². The highest BCUT2D eigenvalue weighted by molar-refractivity contribution is 5.78. The summed E-state index contributed by atoms with van der Waals surface area (Å²) in [7, 11) is 0. The van der Waals surface area contributed by atoms with E-state index in [1.54, 1.807) is 12.3 Å². The van der Waals surface area contributed by atoms with Gasteiger partial charge < -0.3 is 10.2 Å². The molecule has 0 aromatic heterocycles. The second kappa shape index (κ2) is 6.69. The Hall–Kier alpha value is -1.90. The van der Waals surface area contributed by atoms with Crippen LogP contribution in [0.3, 0.4) is 0 Å². The van der Waals surface area contributed by atoms with E-state index in [4.69, 9.17) is 5.26 Å². The summed E-state index contributed by atoms with van der Waals surface area (Å²) in [4.78, 5) is 13.9. The molecule has 1 N–H and O–H groups in total. The van der Waals surface area contributed by atoms with Crippen LogP contribution in [-0.2, 0) is 4.79 Å². The van der Waals surface area contributed by atoms with Crippen molar-refractivity contribution in [3.05, 3.63) is 24.0 Å². The molecule has 2 aliphatic rings. The van der Waals surface area contributed by atoms with Gasteiger partial charge in [0.15, 0.2) is 0 Å². The van der Waals surface area contributed by atoms with Gasteiger partial charge in [-0.15, -0.1) is 0 Å². The van der Waals surface area contributed by atoms with E-state index in [-0.39, 0.29) is 31.1 Å². The van der Waals surface area contributed by atoms with Gasteiger partial charge in [0.05, 0.1) is 6.07 Å². The van der Waals surface area contributed by atoms with Crippen molar-refractivity contribution in [1.82, 2.24) is 10.2 Å². The van der Waals surface area contributed by atoms with Gasteiger partial charge in [-0.3, -0.25) is 4.79 Å². The molecule has 0 aromatic carbocycles. The normalized spacial score (nSPS) is 21.5. The number of hydrogen-bond donors (Lipinski definition) is 1. The number of nitriles is 1. The molecule has 23 heavy (non-hydrogen) atoms. The first-order chi connectivity index (χ1) is 10.7. The van der Waals surface area contributed by atoms with Crippen LogP contribution >= 0.6 is 0 Å². The second-order valence-electron chi connectivity index (χ2n) is 6.85. The van der Waals surface area contributed by atoms with Gasteiger partial charge in [0.2, 0.25) is 11.8 Å². The van der Waals surface area contributed by atoms with Crippen molar-refractivity contribution in [1.29, 1.82) is 5.26 Å². The van der Waals surface area contributed by atoms with Crippen molar-refractivity contribution in [2.45, 2.75) is 57.4 Å². The zero-order valence-corrected chi connectivity index (χ0v) is 13.6. The molecule has 126 valence electrons. The third-order valence-corrected chi connectivity index (χ3v) is 4.53. The molecule has 1 aliphatic carbocycles. The summed E-state index contributed by atoms with van der Waals surface area (Å²) in [6, 6.07) is 2.22. The molecule has 0 atom stereocenters. The van der Waals surface area contributed by atoms with Crippen LogP contribution in [0.15, 0.2) is 24.0 Å². The highest BCUT2D eigenvalue weighted by atomic mass is 19.3. The summed E-state index contributed by atoms with van der Waals surface area (Å²) in [5.41, 5.74) is 0.0942. The number of allylic oxidation sites excluding steroid dienone is 1. The van der Waals surface area contributed by atoms with Gasteiger partial charge in [0.25, 0.3) is 0 Å². The first kappa shape index (κ1) is 17.5. The smallest absolute Gasteiger partial charge is 0.248 e. The molecule has 1 amide bonds. The van der Waals surface area contributed by atoms with Crippen molar-refractivity contribution >= 4 is 5.91 Å². The Bertz CT molecular complexity index is 551. The van der Waals surface area contributed by atoms with E-state index in [1.165, 1.54) is 0 Å². The maximum atomic E-state index is 13.1. The number of nitrogens with zero attached hydrogens (tertiary/aromatic N) is 2. The number of alkyl halides is 2. The molecule has 0 radical (unpaired) electrons. The number of amides is 1. The maximum absolute atomic E-state index is 13.1. The van der Waals surface area contributed by atoms with E-state index < -0.39 is 11.5 Å². The van der Waals surface area contributed by atoms with Crippen molar-refractivity contribution < 1.29 is 13.6 Å². The second-order valence-corrected chi connectivity index (χ2v) is 6.85. The molecule has 1 saturated carbocycles. The van der Waals surface area contributed by atoms with Gasteiger partial charge in [0, 0.05) is 37.7 Å². The summed E-state index contributed by atoms with van der Waals surface area (Å²) in [5.74, 6) is -2.65. The lowest BCUT2D eigenvalue weighted by Crippen LogP contribution is -2.40. The largest absolute Gasteiger partial charge is 0.356 e. The first-order valence-electron chi connectivity index (χ1n) is 7.96. The average molecular weight is 323 g/mol. The van der Waals surface area contributed by atoms with Crippen molar-refractivity contribution in [2.24, 2.45) is 5.92 Å². The Morgan fingerprint density at radius 1 is 1.48 bits per heavy atom. The molecular weight excluding hydrogens is 300 g/mol. The van der Waals surface area contributed by atoms with E-state index in [9.17, 15) is 13.6 Å². The monoisotopic (exact) mass is 323 g/mol. The van der Waals surface area contributed by atoms with E-state index in [1.807, 2.05) is 24.8 Å². The number of nitrogens with one attached hydrogen (secondary N) is 1. The average Bonchev–Trinajstić information content (AvgIpc) is 2.50. The predicted octanol–water partition coefficient (Wildman–Crippen LogP) is 3.33. The quantitative estimate of drug-likeness (QED) is 0.863. The van der Waals surface area contributed by atoms with E-state index in [2.05, 4.69) is 11.4 Å². The lowest BCUT2D eigenvalue weighted by molar-refractivity contribution is -0.122. The topological polar surface area (TPSA) is 56.1 Å². The third-order valence-electron chi connectivity index (χ3n) is 4.53. The van der Waals surface area contributed by atoms with Crippen LogP contribution in [0.2, 0.25) is 0 Å². The molecule has 0 unspecified atom stereocenters. The Morgan fingerprint density at radius 2 is 2.13 bits per heavy atom. The molecule has 0 spiro atoms. The lowest BCUT2D eigenvalue weighted by atomic mass is 9.84. The van der Waals surface area contributed by atoms with Gasteiger partial charge in [-0.25, -0.2) is 8.78 Å². The van der Waals surface area contributed by atoms with Crippen molar-refractivity contribution in [3.8, 4) is 6.07 Å². The van der Waals surface area contributed by atoms with Crippen molar-refractivity contribution in [3.63, 3.8) is 0 Å². The molecule has 2 rings (SSSR count). The number of carbonyl (C=O) groups is 1. The molecule has 0 bridgehead atoms. The molecule has 0 aromatic rings. The van der Waals surface area contributed by atoms with Gasteiger partial charge in [-0.1, -0.05) is 0 Å². The number of rotatable bonds is 4.